The fourth-order valence-corrected chi connectivity index (χ4v) is 3.44. The van der Waals surface area contributed by atoms with Gasteiger partial charge in [-0.15, -0.1) is 0 Å². The SMILES string of the molecule is Cc1cc(=O)c(C(=O)Nc2ccccc2Cl)c(-c2ccco2)n1Cc1ccccn1. The second-order valence-electron chi connectivity index (χ2n) is 6.69. The first kappa shape index (κ1) is 19.7. The van der Waals surface area contributed by atoms with Gasteiger partial charge in [0.15, 0.2) is 11.2 Å². The lowest BCUT2D eigenvalue weighted by atomic mass is 10.1. The third kappa shape index (κ3) is 3.90. The lowest BCUT2D eigenvalue weighted by Crippen LogP contribution is -2.27. The molecule has 4 rings (SSSR count). The fourth-order valence-electron chi connectivity index (χ4n) is 3.26. The standard InChI is InChI=1S/C23H18ClN3O3/c1-15-13-19(28)21(23(29)26-18-9-3-2-8-17(18)24)22(20-10-6-12-30-20)27(15)14-16-7-4-5-11-25-16/h2-13H,14H2,1H3,(H,26,29). The fraction of sp³-hybridized carbons (Fsp3) is 0.0870. The first-order chi connectivity index (χ1) is 14.5. The van der Waals surface area contributed by atoms with Gasteiger partial charge in [-0.1, -0.05) is 29.8 Å². The summed E-state index contributed by atoms with van der Waals surface area (Å²) in [5, 5.41) is 3.12. The molecular formula is C23H18ClN3O3. The number of carbonyl (C=O) groups is 1. The number of rotatable bonds is 5. The summed E-state index contributed by atoms with van der Waals surface area (Å²) < 4.78 is 7.44. The Morgan fingerprint density at radius 3 is 2.63 bits per heavy atom. The zero-order valence-corrected chi connectivity index (χ0v) is 16.9. The number of amides is 1. The summed E-state index contributed by atoms with van der Waals surface area (Å²) >= 11 is 6.17. The van der Waals surface area contributed by atoms with E-state index in [4.69, 9.17) is 16.0 Å². The highest BCUT2D eigenvalue weighted by Crippen LogP contribution is 2.27. The number of nitrogens with zero attached hydrogens (tertiary/aromatic N) is 2. The molecule has 0 radical (unpaired) electrons. The summed E-state index contributed by atoms with van der Waals surface area (Å²) in [5.41, 5.74) is 1.86. The molecule has 30 heavy (non-hydrogen) atoms. The van der Waals surface area contributed by atoms with Crippen LogP contribution < -0.4 is 10.7 Å². The van der Waals surface area contributed by atoms with Gasteiger partial charge in [0.2, 0.25) is 0 Å². The number of benzene rings is 1. The second kappa shape index (κ2) is 8.39. The van der Waals surface area contributed by atoms with Crippen molar-refractivity contribution >= 4 is 23.2 Å². The van der Waals surface area contributed by atoms with Gasteiger partial charge in [-0.25, -0.2) is 0 Å². The molecule has 150 valence electrons. The van der Waals surface area contributed by atoms with Crippen LogP contribution >= 0.6 is 11.6 Å². The molecule has 3 aromatic heterocycles. The summed E-state index contributed by atoms with van der Waals surface area (Å²) in [6.07, 6.45) is 3.20. The number of pyridine rings is 2. The zero-order chi connectivity index (χ0) is 21.1. The number of aryl methyl sites for hydroxylation is 1. The summed E-state index contributed by atoms with van der Waals surface area (Å²) in [4.78, 5) is 30.5. The van der Waals surface area contributed by atoms with Crippen LogP contribution in [-0.2, 0) is 6.54 Å². The quantitative estimate of drug-likeness (QED) is 0.505. The summed E-state index contributed by atoms with van der Waals surface area (Å²) in [6.45, 7) is 2.18. The van der Waals surface area contributed by atoms with E-state index in [1.165, 1.54) is 12.3 Å². The van der Waals surface area contributed by atoms with Gasteiger partial charge in [0.05, 0.1) is 29.2 Å². The van der Waals surface area contributed by atoms with Crippen LogP contribution in [0.1, 0.15) is 21.7 Å². The number of furan rings is 1. The summed E-state index contributed by atoms with van der Waals surface area (Å²) in [7, 11) is 0. The first-order valence-corrected chi connectivity index (χ1v) is 9.66. The topological polar surface area (TPSA) is 77.1 Å². The molecule has 0 atom stereocenters. The van der Waals surface area contributed by atoms with Crippen molar-refractivity contribution in [3.05, 3.63) is 105 Å². The van der Waals surface area contributed by atoms with Crippen molar-refractivity contribution in [2.45, 2.75) is 13.5 Å². The molecule has 1 aromatic carbocycles. The van der Waals surface area contributed by atoms with Gasteiger partial charge in [-0.2, -0.15) is 0 Å². The molecular weight excluding hydrogens is 402 g/mol. The predicted octanol–water partition coefficient (Wildman–Crippen LogP) is 4.77. The summed E-state index contributed by atoms with van der Waals surface area (Å²) in [5.74, 6) is -0.148. The van der Waals surface area contributed by atoms with Crippen LogP contribution in [0.25, 0.3) is 11.5 Å². The van der Waals surface area contributed by atoms with Gasteiger partial charge in [0, 0.05) is 18.0 Å². The van der Waals surface area contributed by atoms with E-state index in [9.17, 15) is 9.59 Å². The number of nitrogens with one attached hydrogen (secondary N) is 1. The van der Waals surface area contributed by atoms with Crippen molar-refractivity contribution in [3.63, 3.8) is 0 Å². The molecule has 0 spiro atoms. The summed E-state index contributed by atoms with van der Waals surface area (Å²) in [6, 6.07) is 17.3. The average molecular weight is 420 g/mol. The van der Waals surface area contributed by atoms with Crippen molar-refractivity contribution in [1.29, 1.82) is 0 Å². The monoisotopic (exact) mass is 419 g/mol. The smallest absolute Gasteiger partial charge is 0.261 e. The van der Waals surface area contributed by atoms with E-state index in [0.717, 1.165) is 5.69 Å². The van der Waals surface area contributed by atoms with Crippen LogP contribution in [0, 0.1) is 6.92 Å². The molecule has 6 nitrogen and oxygen atoms in total. The van der Waals surface area contributed by atoms with Crippen molar-refractivity contribution < 1.29 is 9.21 Å². The number of aromatic nitrogens is 2. The van der Waals surface area contributed by atoms with Crippen LogP contribution in [0.3, 0.4) is 0 Å². The number of anilines is 1. The number of hydrogen-bond donors (Lipinski definition) is 1. The highest BCUT2D eigenvalue weighted by molar-refractivity contribution is 6.34. The molecule has 0 saturated carbocycles. The van der Waals surface area contributed by atoms with Crippen molar-refractivity contribution in [2.75, 3.05) is 5.32 Å². The Hall–Kier alpha value is -3.64. The minimum Gasteiger partial charge on any atom is -0.463 e. The van der Waals surface area contributed by atoms with Gasteiger partial charge in [-0.05, 0) is 43.3 Å². The Balaban J connectivity index is 1.87. The molecule has 0 aliphatic heterocycles. The largest absolute Gasteiger partial charge is 0.463 e. The minimum atomic E-state index is -0.561. The number of hydrogen-bond acceptors (Lipinski definition) is 4. The van der Waals surface area contributed by atoms with E-state index < -0.39 is 11.3 Å². The van der Waals surface area contributed by atoms with Crippen LogP contribution in [0.15, 0.2) is 82.3 Å². The second-order valence-corrected chi connectivity index (χ2v) is 7.10. The number of para-hydroxylation sites is 1. The van der Waals surface area contributed by atoms with E-state index in [-0.39, 0.29) is 5.56 Å². The third-order valence-electron chi connectivity index (χ3n) is 4.67. The maximum Gasteiger partial charge on any atom is 0.261 e. The minimum absolute atomic E-state index is 0.0219. The Morgan fingerprint density at radius 1 is 1.13 bits per heavy atom. The highest BCUT2D eigenvalue weighted by Gasteiger charge is 2.24. The zero-order valence-electron chi connectivity index (χ0n) is 16.1. The number of carbonyl (C=O) groups excluding carboxylic acids is 1. The maximum absolute atomic E-state index is 13.2. The van der Waals surface area contributed by atoms with Crippen LogP contribution in [0.4, 0.5) is 5.69 Å². The molecule has 1 N–H and O–H groups in total. The van der Waals surface area contributed by atoms with Crippen LogP contribution in [0.2, 0.25) is 5.02 Å². The van der Waals surface area contributed by atoms with Crippen molar-refractivity contribution in [3.8, 4) is 11.5 Å². The van der Waals surface area contributed by atoms with E-state index in [1.54, 1.807) is 42.6 Å². The lowest BCUT2D eigenvalue weighted by Gasteiger charge is -2.18. The molecule has 0 aliphatic rings. The molecule has 0 bridgehead atoms. The molecule has 0 saturated heterocycles. The number of halogens is 1. The van der Waals surface area contributed by atoms with E-state index in [1.807, 2.05) is 29.7 Å². The Labute approximate surface area is 177 Å². The average Bonchev–Trinajstić information content (AvgIpc) is 3.26. The predicted molar refractivity (Wildman–Crippen MR) is 116 cm³/mol. The van der Waals surface area contributed by atoms with Gasteiger partial charge >= 0.3 is 0 Å². The molecule has 0 unspecified atom stereocenters. The van der Waals surface area contributed by atoms with Gasteiger partial charge < -0.3 is 14.3 Å². The van der Waals surface area contributed by atoms with Gasteiger partial charge in [-0.3, -0.25) is 14.6 Å². The molecule has 3 heterocycles. The van der Waals surface area contributed by atoms with Crippen molar-refractivity contribution in [1.82, 2.24) is 9.55 Å². The van der Waals surface area contributed by atoms with Gasteiger partial charge in [0.1, 0.15) is 11.3 Å². The van der Waals surface area contributed by atoms with E-state index in [0.29, 0.717) is 34.4 Å². The third-order valence-corrected chi connectivity index (χ3v) is 5.00. The Kier molecular flexibility index (Phi) is 5.50. The molecule has 0 aliphatic carbocycles. The highest BCUT2D eigenvalue weighted by atomic mass is 35.5. The molecule has 1 amide bonds. The lowest BCUT2D eigenvalue weighted by molar-refractivity contribution is 0.102. The van der Waals surface area contributed by atoms with Gasteiger partial charge in [0.25, 0.3) is 5.91 Å². The van der Waals surface area contributed by atoms with Crippen LogP contribution in [0.5, 0.6) is 0 Å². The van der Waals surface area contributed by atoms with E-state index >= 15 is 0 Å². The Morgan fingerprint density at radius 2 is 1.93 bits per heavy atom. The normalized spacial score (nSPS) is 10.7. The maximum atomic E-state index is 13.2. The molecule has 0 fully saturated rings. The molecule has 4 aromatic rings. The van der Waals surface area contributed by atoms with Crippen LogP contribution in [-0.4, -0.2) is 15.5 Å². The Bertz CT molecular complexity index is 1250. The van der Waals surface area contributed by atoms with Crippen molar-refractivity contribution in [2.24, 2.45) is 0 Å². The molecule has 7 heteroatoms. The van der Waals surface area contributed by atoms with E-state index in [2.05, 4.69) is 10.3 Å². The first-order valence-electron chi connectivity index (χ1n) is 9.28.